The van der Waals surface area contributed by atoms with E-state index < -0.39 is 0 Å². The Balaban J connectivity index is 2.44. The smallest absolute Gasteiger partial charge is 0.244 e. The van der Waals surface area contributed by atoms with Gasteiger partial charge in [0.1, 0.15) is 5.75 Å². The van der Waals surface area contributed by atoms with Crippen LogP contribution in [0.3, 0.4) is 0 Å². The summed E-state index contributed by atoms with van der Waals surface area (Å²) in [6.45, 7) is 6.19. The van der Waals surface area contributed by atoms with Crippen molar-refractivity contribution in [2.24, 2.45) is 0 Å². The number of carbonyl (C=O) groups excluding carboxylic acids is 2. The molecule has 0 saturated heterocycles. The average molecular weight is 290 g/mol. The second kappa shape index (κ2) is 8.79. The van der Waals surface area contributed by atoms with Gasteiger partial charge in [0.15, 0.2) is 0 Å². The molecule has 0 radical (unpaired) electrons. The molecule has 0 unspecified atom stereocenters. The maximum atomic E-state index is 11.6. The highest BCUT2D eigenvalue weighted by molar-refractivity contribution is 5.91. The zero-order valence-electron chi connectivity index (χ0n) is 12.7. The van der Waals surface area contributed by atoms with Crippen LogP contribution in [0.25, 0.3) is 6.08 Å². The van der Waals surface area contributed by atoms with Crippen LogP contribution in [0.4, 0.5) is 0 Å². The molecule has 0 spiro atoms. The van der Waals surface area contributed by atoms with Gasteiger partial charge in [0.25, 0.3) is 0 Å². The summed E-state index contributed by atoms with van der Waals surface area (Å²) in [6.07, 6.45) is 3.30. The molecule has 114 valence electrons. The molecule has 21 heavy (non-hydrogen) atoms. The first kappa shape index (κ1) is 16.8. The SMILES string of the molecule is CC(=O)NCCNC(=O)/C=C/c1cccc(OC(C)C)c1. The van der Waals surface area contributed by atoms with Crippen LogP contribution in [0.15, 0.2) is 30.3 Å². The third kappa shape index (κ3) is 7.77. The fourth-order valence-electron chi connectivity index (χ4n) is 1.62. The highest BCUT2D eigenvalue weighted by atomic mass is 16.5. The van der Waals surface area contributed by atoms with Crippen molar-refractivity contribution in [3.63, 3.8) is 0 Å². The predicted octanol–water partition coefficient (Wildman–Crippen LogP) is 1.74. The Kier molecular flexibility index (Phi) is 7.01. The largest absolute Gasteiger partial charge is 0.491 e. The van der Waals surface area contributed by atoms with E-state index in [4.69, 9.17) is 4.74 Å². The van der Waals surface area contributed by atoms with E-state index in [2.05, 4.69) is 10.6 Å². The number of nitrogens with one attached hydrogen (secondary N) is 2. The van der Waals surface area contributed by atoms with Crippen LogP contribution in [0.1, 0.15) is 26.3 Å². The second-order valence-electron chi connectivity index (χ2n) is 4.85. The van der Waals surface area contributed by atoms with Crippen molar-refractivity contribution >= 4 is 17.9 Å². The molecule has 1 aromatic carbocycles. The number of amides is 2. The fraction of sp³-hybridized carbons (Fsp3) is 0.375. The van der Waals surface area contributed by atoms with E-state index in [9.17, 15) is 9.59 Å². The Morgan fingerprint density at radius 1 is 1.24 bits per heavy atom. The van der Waals surface area contributed by atoms with E-state index in [1.807, 2.05) is 38.1 Å². The summed E-state index contributed by atoms with van der Waals surface area (Å²) in [7, 11) is 0. The number of hydrogen-bond acceptors (Lipinski definition) is 3. The van der Waals surface area contributed by atoms with Crippen LogP contribution < -0.4 is 15.4 Å². The van der Waals surface area contributed by atoms with Crippen molar-refractivity contribution in [2.75, 3.05) is 13.1 Å². The van der Waals surface area contributed by atoms with Crippen LogP contribution in [0.5, 0.6) is 5.75 Å². The maximum Gasteiger partial charge on any atom is 0.244 e. The van der Waals surface area contributed by atoms with Gasteiger partial charge in [-0.1, -0.05) is 12.1 Å². The standard InChI is InChI=1S/C16H22N2O3/c1-12(2)21-15-6-4-5-14(11-15)7-8-16(20)18-10-9-17-13(3)19/h4-8,11-12H,9-10H2,1-3H3,(H,17,19)(H,18,20)/b8-7+. The summed E-state index contributed by atoms with van der Waals surface area (Å²) in [4.78, 5) is 22.2. The van der Waals surface area contributed by atoms with Crippen molar-refractivity contribution < 1.29 is 14.3 Å². The summed E-state index contributed by atoms with van der Waals surface area (Å²) in [5.74, 6) is 0.468. The molecule has 0 saturated carbocycles. The molecule has 0 aliphatic rings. The van der Waals surface area contributed by atoms with Gasteiger partial charge in [0.2, 0.25) is 11.8 Å². The number of ether oxygens (including phenoxy) is 1. The molecule has 0 aliphatic carbocycles. The lowest BCUT2D eigenvalue weighted by Gasteiger charge is -2.09. The molecule has 0 bridgehead atoms. The lowest BCUT2D eigenvalue weighted by atomic mass is 10.2. The second-order valence-corrected chi connectivity index (χ2v) is 4.85. The monoisotopic (exact) mass is 290 g/mol. The molecule has 0 fully saturated rings. The van der Waals surface area contributed by atoms with E-state index in [-0.39, 0.29) is 17.9 Å². The van der Waals surface area contributed by atoms with Gasteiger partial charge in [-0.05, 0) is 37.6 Å². The summed E-state index contributed by atoms with van der Waals surface area (Å²) in [6, 6.07) is 7.53. The van der Waals surface area contributed by atoms with Crippen molar-refractivity contribution in [1.82, 2.24) is 10.6 Å². The Hall–Kier alpha value is -2.30. The summed E-state index contributed by atoms with van der Waals surface area (Å²) >= 11 is 0. The molecule has 0 aliphatic heterocycles. The third-order valence-electron chi connectivity index (χ3n) is 2.46. The predicted molar refractivity (Wildman–Crippen MR) is 82.9 cm³/mol. The first-order chi connectivity index (χ1) is 9.97. The highest BCUT2D eigenvalue weighted by Crippen LogP contribution is 2.15. The van der Waals surface area contributed by atoms with Gasteiger partial charge in [0.05, 0.1) is 6.10 Å². The first-order valence-electron chi connectivity index (χ1n) is 6.94. The van der Waals surface area contributed by atoms with E-state index in [1.165, 1.54) is 13.0 Å². The van der Waals surface area contributed by atoms with E-state index >= 15 is 0 Å². The summed E-state index contributed by atoms with van der Waals surface area (Å²) in [5.41, 5.74) is 0.894. The zero-order valence-corrected chi connectivity index (χ0v) is 12.7. The van der Waals surface area contributed by atoms with Gasteiger partial charge in [0, 0.05) is 26.1 Å². The van der Waals surface area contributed by atoms with Gasteiger partial charge in [-0.3, -0.25) is 9.59 Å². The van der Waals surface area contributed by atoms with Gasteiger partial charge in [-0.2, -0.15) is 0 Å². The van der Waals surface area contributed by atoms with E-state index in [1.54, 1.807) is 6.08 Å². The number of hydrogen-bond donors (Lipinski definition) is 2. The Labute approximate surface area is 125 Å². The molecule has 0 heterocycles. The molecule has 2 amide bonds. The summed E-state index contributed by atoms with van der Waals surface area (Å²) in [5, 5.41) is 5.29. The normalized spacial score (nSPS) is 10.7. The molecule has 5 nitrogen and oxygen atoms in total. The maximum absolute atomic E-state index is 11.6. The number of carbonyl (C=O) groups is 2. The van der Waals surface area contributed by atoms with Gasteiger partial charge >= 0.3 is 0 Å². The quantitative estimate of drug-likeness (QED) is 0.594. The summed E-state index contributed by atoms with van der Waals surface area (Å²) < 4.78 is 5.59. The number of benzene rings is 1. The minimum absolute atomic E-state index is 0.109. The van der Waals surface area contributed by atoms with Crippen LogP contribution >= 0.6 is 0 Å². The lowest BCUT2D eigenvalue weighted by Crippen LogP contribution is -2.32. The van der Waals surface area contributed by atoms with Crippen LogP contribution in [-0.2, 0) is 9.59 Å². The lowest BCUT2D eigenvalue weighted by molar-refractivity contribution is -0.119. The van der Waals surface area contributed by atoms with Crippen molar-refractivity contribution in [3.05, 3.63) is 35.9 Å². The third-order valence-corrected chi connectivity index (χ3v) is 2.46. The molecular formula is C16H22N2O3. The number of rotatable bonds is 7. The van der Waals surface area contributed by atoms with Gasteiger partial charge in [-0.15, -0.1) is 0 Å². The topological polar surface area (TPSA) is 67.4 Å². The van der Waals surface area contributed by atoms with Crippen LogP contribution in [0, 0.1) is 0 Å². The van der Waals surface area contributed by atoms with E-state index in [0.717, 1.165) is 11.3 Å². The van der Waals surface area contributed by atoms with Crippen molar-refractivity contribution in [3.8, 4) is 5.75 Å². The molecule has 2 N–H and O–H groups in total. The Morgan fingerprint density at radius 2 is 1.95 bits per heavy atom. The Morgan fingerprint density at radius 3 is 2.62 bits per heavy atom. The zero-order chi connectivity index (χ0) is 15.7. The van der Waals surface area contributed by atoms with Crippen LogP contribution in [0.2, 0.25) is 0 Å². The average Bonchev–Trinajstić information content (AvgIpc) is 2.41. The highest BCUT2D eigenvalue weighted by Gasteiger charge is 1.99. The minimum atomic E-state index is -0.199. The van der Waals surface area contributed by atoms with Crippen molar-refractivity contribution in [1.29, 1.82) is 0 Å². The molecule has 1 aromatic rings. The molecule has 0 atom stereocenters. The molecular weight excluding hydrogens is 268 g/mol. The van der Waals surface area contributed by atoms with Gasteiger partial charge < -0.3 is 15.4 Å². The van der Waals surface area contributed by atoms with E-state index in [0.29, 0.717) is 13.1 Å². The first-order valence-corrected chi connectivity index (χ1v) is 6.94. The van der Waals surface area contributed by atoms with Crippen LogP contribution in [-0.4, -0.2) is 31.0 Å². The Bertz CT molecular complexity index is 510. The minimum Gasteiger partial charge on any atom is -0.491 e. The van der Waals surface area contributed by atoms with Crippen molar-refractivity contribution in [2.45, 2.75) is 26.9 Å². The molecule has 1 rings (SSSR count). The van der Waals surface area contributed by atoms with Gasteiger partial charge in [-0.25, -0.2) is 0 Å². The molecule has 5 heteroatoms. The molecule has 0 aromatic heterocycles. The fourth-order valence-corrected chi connectivity index (χ4v) is 1.62.